The Kier molecular flexibility index (Phi) is 7.66. The Morgan fingerprint density at radius 2 is 1.90 bits per heavy atom. The van der Waals surface area contributed by atoms with Crippen molar-refractivity contribution < 1.29 is 19.1 Å². The molecule has 1 heterocycles. The number of hydrogen-bond acceptors (Lipinski definition) is 5. The molecular formula is C21H23ClN2O4S. The van der Waals surface area contributed by atoms with Crippen molar-refractivity contribution in [2.75, 3.05) is 25.2 Å². The normalized spacial score (nSPS) is 16.0. The standard InChI is InChI=1S/C21H23ClN2O4S/c1-29-11-10-17(24-20(25)15-6-2-3-7-16(15)22)21(26)23-12-14-13-27-18-8-4-5-9-19(18)28-14/h2-9,14,17H,10-13H2,1H3,(H,23,26)(H,24,25)/t14-,17+/m0/s1. The lowest BCUT2D eigenvalue weighted by Crippen LogP contribution is -2.50. The van der Waals surface area contributed by atoms with Gasteiger partial charge in [-0.1, -0.05) is 35.9 Å². The summed E-state index contributed by atoms with van der Waals surface area (Å²) in [4.78, 5) is 25.3. The van der Waals surface area contributed by atoms with Crippen LogP contribution in [-0.4, -0.2) is 49.1 Å². The minimum absolute atomic E-state index is 0.262. The predicted octanol–water partition coefficient (Wildman–Crippen LogP) is 3.15. The molecule has 0 spiro atoms. The Morgan fingerprint density at radius 1 is 1.17 bits per heavy atom. The summed E-state index contributed by atoms with van der Waals surface area (Å²) in [6, 6.07) is 13.5. The van der Waals surface area contributed by atoms with Crippen molar-refractivity contribution in [3.63, 3.8) is 0 Å². The number of halogens is 1. The topological polar surface area (TPSA) is 76.7 Å². The van der Waals surface area contributed by atoms with Gasteiger partial charge in [-0.05, 0) is 42.7 Å². The monoisotopic (exact) mass is 434 g/mol. The summed E-state index contributed by atoms with van der Waals surface area (Å²) in [5.74, 6) is 1.45. The van der Waals surface area contributed by atoms with E-state index in [9.17, 15) is 9.59 Å². The van der Waals surface area contributed by atoms with E-state index < -0.39 is 6.04 Å². The van der Waals surface area contributed by atoms with Gasteiger partial charge >= 0.3 is 0 Å². The zero-order valence-electron chi connectivity index (χ0n) is 16.0. The van der Waals surface area contributed by atoms with Gasteiger partial charge in [0.25, 0.3) is 5.91 Å². The molecule has 2 N–H and O–H groups in total. The number of para-hydroxylation sites is 2. The molecule has 154 valence electrons. The summed E-state index contributed by atoms with van der Waals surface area (Å²) in [5, 5.41) is 6.00. The van der Waals surface area contributed by atoms with Crippen LogP contribution in [0.25, 0.3) is 0 Å². The van der Waals surface area contributed by atoms with Crippen LogP contribution in [0.2, 0.25) is 5.02 Å². The first-order chi connectivity index (χ1) is 14.1. The number of nitrogens with one attached hydrogen (secondary N) is 2. The average Bonchev–Trinajstić information content (AvgIpc) is 2.75. The molecule has 0 saturated carbocycles. The molecule has 0 fully saturated rings. The van der Waals surface area contributed by atoms with Crippen LogP contribution in [0.5, 0.6) is 11.5 Å². The lowest BCUT2D eigenvalue weighted by Gasteiger charge is -2.27. The van der Waals surface area contributed by atoms with Gasteiger partial charge in [0, 0.05) is 0 Å². The van der Waals surface area contributed by atoms with Gasteiger partial charge in [0.2, 0.25) is 5.91 Å². The van der Waals surface area contributed by atoms with E-state index in [-0.39, 0.29) is 24.5 Å². The van der Waals surface area contributed by atoms with Gasteiger partial charge in [0.05, 0.1) is 17.1 Å². The quantitative estimate of drug-likeness (QED) is 0.667. The van der Waals surface area contributed by atoms with Crippen molar-refractivity contribution in [1.82, 2.24) is 10.6 Å². The minimum atomic E-state index is -0.664. The fourth-order valence-electron chi connectivity index (χ4n) is 2.89. The Morgan fingerprint density at radius 3 is 2.66 bits per heavy atom. The highest BCUT2D eigenvalue weighted by atomic mass is 35.5. The summed E-state index contributed by atoms with van der Waals surface area (Å²) in [7, 11) is 0. The summed E-state index contributed by atoms with van der Waals surface area (Å²) in [5.41, 5.74) is 0.344. The number of carbonyl (C=O) groups is 2. The molecule has 2 aromatic rings. The molecule has 1 aliphatic rings. The zero-order chi connectivity index (χ0) is 20.6. The van der Waals surface area contributed by atoms with Crippen LogP contribution in [0.15, 0.2) is 48.5 Å². The van der Waals surface area contributed by atoms with Crippen LogP contribution in [0.1, 0.15) is 16.8 Å². The SMILES string of the molecule is CSCC[C@@H](NC(=O)c1ccccc1Cl)C(=O)NC[C@H]1COc2ccccc2O1. The first kappa shape index (κ1) is 21.3. The molecule has 0 bridgehead atoms. The molecule has 8 heteroatoms. The van der Waals surface area contributed by atoms with E-state index in [0.717, 1.165) is 5.75 Å². The smallest absolute Gasteiger partial charge is 0.253 e. The lowest BCUT2D eigenvalue weighted by molar-refractivity contribution is -0.123. The summed E-state index contributed by atoms with van der Waals surface area (Å²) in [6.07, 6.45) is 2.16. The molecule has 0 saturated heterocycles. The largest absolute Gasteiger partial charge is 0.486 e. The van der Waals surface area contributed by atoms with Crippen LogP contribution < -0.4 is 20.1 Å². The fourth-order valence-corrected chi connectivity index (χ4v) is 3.58. The van der Waals surface area contributed by atoms with Crippen molar-refractivity contribution in [3.05, 3.63) is 59.1 Å². The molecule has 0 aliphatic carbocycles. The van der Waals surface area contributed by atoms with Gasteiger partial charge in [-0.3, -0.25) is 9.59 Å². The van der Waals surface area contributed by atoms with E-state index in [2.05, 4.69) is 10.6 Å². The Labute approximate surface area is 179 Å². The third-order valence-corrected chi connectivity index (χ3v) is 5.40. The summed E-state index contributed by atoms with van der Waals surface area (Å²) < 4.78 is 11.5. The summed E-state index contributed by atoms with van der Waals surface area (Å²) >= 11 is 7.70. The maximum absolute atomic E-state index is 12.7. The van der Waals surface area contributed by atoms with Gasteiger partial charge < -0.3 is 20.1 Å². The number of fused-ring (bicyclic) bond motifs is 1. The molecule has 3 rings (SSSR count). The van der Waals surface area contributed by atoms with E-state index in [1.165, 1.54) is 0 Å². The van der Waals surface area contributed by atoms with Crippen molar-refractivity contribution in [3.8, 4) is 11.5 Å². The van der Waals surface area contributed by atoms with E-state index in [4.69, 9.17) is 21.1 Å². The van der Waals surface area contributed by atoms with Gasteiger partial charge in [-0.2, -0.15) is 11.8 Å². The van der Waals surface area contributed by atoms with Crippen molar-refractivity contribution in [2.45, 2.75) is 18.6 Å². The molecule has 0 unspecified atom stereocenters. The highest BCUT2D eigenvalue weighted by Gasteiger charge is 2.25. The molecule has 0 aromatic heterocycles. The van der Waals surface area contributed by atoms with Crippen molar-refractivity contribution in [1.29, 1.82) is 0 Å². The van der Waals surface area contributed by atoms with Crippen molar-refractivity contribution >= 4 is 35.2 Å². The second-order valence-corrected chi connectivity index (χ2v) is 7.92. The molecule has 1 aliphatic heterocycles. The molecule has 6 nitrogen and oxygen atoms in total. The zero-order valence-corrected chi connectivity index (χ0v) is 17.6. The second kappa shape index (κ2) is 10.4. The lowest BCUT2D eigenvalue weighted by atomic mass is 10.1. The molecule has 0 radical (unpaired) electrons. The Bertz CT molecular complexity index is 864. The minimum Gasteiger partial charge on any atom is -0.486 e. The van der Waals surface area contributed by atoms with E-state index in [1.807, 2.05) is 30.5 Å². The van der Waals surface area contributed by atoms with Crippen LogP contribution >= 0.6 is 23.4 Å². The van der Waals surface area contributed by atoms with Crippen LogP contribution in [0.3, 0.4) is 0 Å². The Hall–Kier alpha value is -2.38. The van der Waals surface area contributed by atoms with E-state index in [0.29, 0.717) is 35.1 Å². The number of hydrogen-bond donors (Lipinski definition) is 2. The van der Waals surface area contributed by atoms with Gasteiger partial charge in [-0.25, -0.2) is 0 Å². The van der Waals surface area contributed by atoms with Crippen molar-refractivity contribution in [2.24, 2.45) is 0 Å². The molecule has 2 aromatic carbocycles. The predicted molar refractivity (Wildman–Crippen MR) is 115 cm³/mol. The first-order valence-corrected chi connectivity index (χ1v) is 11.1. The maximum Gasteiger partial charge on any atom is 0.253 e. The van der Waals surface area contributed by atoms with Crippen LogP contribution in [0.4, 0.5) is 0 Å². The number of rotatable bonds is 8. The highest BCUT2D eigenvalue weighted by molar-refractivity contribution is 7.98. The number of amides is 2. The third-order valence-electron chi connectivity index (χ3n) is 4.42. The van der Waals surface area contributed by atoms with Crippen LogP contribution in [-0.2, 0) is 4.79 Å². The van der Waals surface area contributed by atoms with E-state index >= 15 is 0 Å². The number of ether oxygens (including phenoxy) is 2. The second-order valence-electron chi connectivity index (χ2n) is 6.53. The van der Waals surface area contributed by atoms with Gasteiger partial charge in [0.1, 0.15) is 18.8 Å². The van der Waals surface area contributed by atoms with Crippen LogP contribution in [0, 0.1) is 0 Å². The van der Waals surface area contributed by atoms with Gasteiger partial charge in [-0.15, -0.1) is 0 Å². The number of carbonyl (C=O) groups excluding carboxylic acids is 2. The number of benzene rings is 2. The molecule has 2 amide bonds. The molecular weight excluding hydrogens is 412 g/mol. The third kappa shape index (κ3) is 5.81. The molecule has 2 atom stereocenters. The number of thioether (sulfide) groups is 1. The van der Waals surface area contributed by atoms with E-state index in [1.54, 1.807) is 36.0 Å². The fraction of sp³-hybridized carbons (Fsp3) is 0.333. The molecule has 29 heavy (non-hydrogen) atoms. The Balaban J connectivity index is 1.58. The average molecular weight is 435 g/mol. The summed E-state index contributed by atoms with van der Waals surface area (Å²) in [6.45, 7) is 0.629. The maximum atomic E-state index is 12.7. The highest BCUT2D eigenvalue weighted by Crippen LogP contribution is 2.30. The van der Waals surface area contributed by atoms with Gasteiger partial charge in [0.15, 0.2) is 11.5 Å². The first-order valence-electron chi connectivity index (χ1n) is 9.29.